The van der Waals surface area contributed by atoms with Crippen LogP contribution in [0.2, 0.25) is 0 Å². The number of rotatable bonds is 5. The zero-order valence-electron chi connectivity index (χ0n) is 18.6. The molecule has 1 aliphatic carbocycles. The highest BCUT2D eigenvalue weighted by molar-refractivity contribution is 5.82. The van der Waals surface area contributed by atoms with Crippen molar-refractivity contribution in [2.24, 2.45) is 0 Å². The van der Waals surface area contributed by atoms with Crippen LogP contribution in [0.5, 0.6) is 0 Å². The predicted molar refractivity (Wildman–Crippen MR) is 130 cm³/mol. The van der Waals surface area contributed by atoms with Gasteiger partial charge in [0.05, 0.1) is 11.0 Å². The van der Waals surface area contributed by atoms with E-state index in [2.05, 4.69) is 88.6 Å². The molecule has 0 bridgehead atoms. The fraction of sp³-hybridized carbons (Fsp3) is 0.321. The molecule has 1 fully saturated rings. The summed E-state index contributed by atoms with van der Waals surface area (Å²) in [7, 11) is 2.29. The average molecular weight is 410 g/mol. The SMILES string of the molecule is Cc1nc2ccc(-c3ccc(-c4ccccc4CN(C)C4CCCCC4)cc3)cc2[nH]1. The molecule has 0 saturated heterocycles. The second-order valence-electron chi connectivity index (χ2n) is 9.00. The summed E-state index contributed by atoms with van der Waals surface area (Å²) in [6.07, 6.45) is 6.84. The molecule has 5 rings (SSSR count). The van der Waals surface area contributed by atoms with Crippen molar-refractivity contribution in [2.45, 2.75) is 51.6 Å². The van der Waals surface area contributed by atoms with Crippen molar-refractivity contribution in [1.29, 1.82) is 0 Å². The topological polar surface area (TPSA) is 31.9 Å². The Kier molecular flexibility index (Phi) is 5.61. The molecule has 0 amide bonds. The van der Waals surface area contributed by atoms with Crippen molar-refractivity contribution in [3.8, 4) is 22.3 Å². The number of hydrogen-bond acceptors (Lipinski definition) is 2. The van der Waals surface area contributed by atoms with Gasteiger partial charge in [-0.2, -0.15) is 0 Å². The van der Waals surface area contributed by atoms with E-state index in [1.807, 2.05) is 6.92 Å². The molecular weight excluding hydrogens is 378 g/mol. The van der Waals surface area contributed by atoms with Gasteiger partial charge in [-0.25, -0.2) is 4.98 Å². The van der Waals surface area contributed by atoms with E-state index in [9.17, 15) is 0 Å². The lowest BCUT2D eigenvalue weighted by Gasteiger charge is -2.31. The molecular formula is C28H31N3. The van der Waals surface area contributed by atoms with Gasteiger partial charge in [0, 0.05) is 12.6 Å². The van der Waals surface area contributed by atoms with E-state index in [1.165, 1.54) is 59.9 Å². The summed E-state index contributed by atoms with van der Waals surface area (Å²) in [4.78, 5) is 10.4. The number of aryl methyl sites for hydroxylation is 1. The fourth-order valence-electron chi connectivity index (χ4n) is 5.02. The van der Waals surface area contributed by atoms with Crippen LogP contribution in [0.3, 0.4) is 0 Å². The maximum Gasteiger partial charge on any atom is 0.104 e. The molecule has 3 nitrogen and oxygen atoms in total. The number of aromatic amines is 1. The van der Waals surface area contributed by atoms with Gasteiger partial charge in [-0.15, -0.1) is 0 Å². The van der Waals surface area contributed by atoms with Gasteiger partial charge in [0.2, 0.25) is 0 Å². The first-order chi connectivity index (χ1) is 15.2. The normalized spacial score (nSPS) is 15.1. The second-order valence-corrected chi connectivity index (χ2v) is 9.00. The first kappa shape index (κ1) is 20.0. The summed E-state index contributed by atoms with van der Waals surface area (Å²) in [5.74, 6) is 0.956. The quantitative estimate of drug-likeness (QED) is 0.386. The van der Waals surface area contributed by atoms with Crippen molar-refractivity contribution in [3.05, 3.63) is 78.1 Å². The molecule has 158 valence electrons. The molecule has 0 spiro atoms. The largest absolute Gasteiger partial charge is 0.342 e. The Morgan fingerprint density at radius 2 is 1.58 bits per heavy atom. The Balaban J connectivity index is 1.39. The minimum Gasteiger partial charge on any atom is -0.342 e. The van der Waals surface area contributed by atoms with E-state index in [-0.39, 0.29) is 0 Å². The maximum absolute atomic E-state index is 4.51. The van der Waals surface area contributed by atoms with E-state index in [4.69, 9.17) is 0 Å². The molecule has 1 saturated carbocycles. The third-order valence-electron chi connectivity index (χ3n) is 6.76. The number of hydrogen-bond donors (Lipinski definition) is 1. The molecule has 0 unspecified atom stereocenters. The molecule has 1 aliphatic rings. The van der Waals surface area contributed by atoms with Crippen LogP contribution in [0, 0.1) is 6.92 Å². The number of benzene rings is 3. The molecule has 3 heteroatoms. The molecule has 31 heavy (non-hydrogen) atoms. The molecule has 3 aromatic carbocycles. The number of fused-ring (bicyclic) bond motifs is 1. The van der Waals surface area contributed by atoms with Gasteiger partial charge in [-0.1, -0.05) is 73.9 Å². The minimum absolute atomic E-state index is 0.727. The Morgan fingerprint density at radius 1 is 0.871 bits per heavy atom. The van der Waals surface area contributed by atoms with Gasteiger partial charge in [-0.05, 0) is 66.8 Å². The molecule has 0 atom stereocenters. The van der Waals surface area contributed by atoms with E-state index >= 15 is 0 Å². The first-order valence-electron chi connectivity index (χ1n) is 11.5. The summed E-state index contributed by atoms with van der Waals surface area (Å²) in [6.45, 7) is 3.01. The van der Waals surface area contributed by atoms with Gasteiger partial charge in [-0.3, -0.25) is 4.90 Å². The van der Waals surface area contributed by atoms with Crippen molar-refractivity contribution in [2.75, 3.05) is 7.05 Å². The smallest absolute Gasteiger partial charge is 0.104 e. The van der Waals surface area contributed by atoms with Crippen LogP contribution in [0.4, 0.5) is 0 Å². The summed E-state index contributed by atoms with van der Waals surface area (Å²) < 4.78 is 0. The Hall–Kier alpha value is -2.91. The van der Waals surface area contributed by atoms with Crippen molar-refractivity contribution in [3.63, 3.8) is 0 Å². The van der Waals surface area contributed by atoms with Crippen molar-refractivity contribution >= 4 is 11.0 Å². The molecule has 1 aromatic heterocycles. The van der Waals surface area contributed by atoms with E-state index < -0.39 is 0 Å². The highest BCUT2D eigenvalue weighted by Crippen LogP contribution is 2.30. The summed E-state index contributed by atoms with van der Waals surface area (Å²) in [5, 5.41) is 0. The number of nitrogens with zero attached hydrogens (tertiary/aromatic N) is 2. The van der Waals surface area contributed by atoms with Crippen LogP contribution in [-0.4, -0.2) is 28.0 Å². The zero-order valence-corrected chi connectivity index (χ0v) is 18.6. The Bertz CT molecular complexity index is 1170. The predicted octanol–water partition coefficient (Wildman–Crippen LogP) is 6.97. The first-order valence-corrected chi connectivity index (χ1v) is 11.5. The van der Waals surface area contributed by atoms with Crippen LogP contribution in [-0.2, 0) is 6.54 Å². The average Bonchev–Trinajstić information content (AvgIpc) is 3.19. The second kappa shape index (κ2) is 8.68. The number of nitrogens with one attached hydrogen (secondary N) is 1. The molecule has 1 heterocycles. The molecule has 1 N–H and O–H groups in total. The molecule has 0 radical (unpaired) electrons. The third-order valence-corrected chi connectivity index (χ3v) is 6.76. The summed E-state index contributed by atoms with van der Waals surface area (Å²) >= 11 is 0. The van der Waals surface area contributed by atoms with Crippen LogP contribution in [0.15, 0.2) is 66.7 Å². The highest BCUT2D eigenvalue weighted by atomic mass is 15.1. The van der Waals surface area contributed by atoms with E-state index in [0.29, 0.717) is 0 Å². The van der Waals surface area contributed by atoms with Gasteiger partial charge in [0.1, 0.15) is 5.82 Å². The lowest BCUT2D eigenvalue weighted by atomic mass is 9.93. The van der Waals surface area contributed by atoms with Crippen LogP contribution in [0.1, 0.15) is 43.5 Å². The van der Waals surface area contributed by atoms with Crippen molar-refractivity contribution in [1.82, 2.24) is 14.9 Å². The summed E-state index contributed by atoms with van der Waals surface area (Å²) in [6, 6.07) is 25.0. The van der Waals surface area contributed by atoms with Crippen LogP contribution < -0.4 is 0 Å². The minimum atomic E-state index is 0.727. The fourth-order valence-corrected chi connectivity index (χ4v) is 5.02. The van der Waals surface area contributed by atoms with Gasteiger partial charge >= 0.3 is 0 Å². The van der Waals surface area contributed by atoms with Gasteiger partial charge < -0.3 is 4.98 Å². The number of aromatic nitrogens is 2. The standard InChI is InChI=1S/C28H31N3/c1-20-29-27-17-16-23(18-28(27)30-20)21-12-14-22(15-13-21)26-11-7-6-8-24(26)19-31(2)25-9-4-3-5-10-25/h6-8,11-18,25H,3-5,9-10,19H2,1-2H3,(H,29,30). The molecule has 4 aromatic rings. The highest BCUT2D eigenvalue weighted by Gasteiger charge is 2.19. The Labute approximate surface area is 185 Å². The monoisotopic (exact) mass is 409 g/mol. The van der Waals surface area contributed by atoms with E-state index in [1.54, 1.807) is 0 Å². The zero-order chi connectivity index (χ0) is 21.2. The molecule has 0 aliphatic heterocycles. The van der Waals surface area contributed by atoms with Gasteiger partial charge in [0.25, 0.3) is 0 Å². The lowest BCUT2D eigenvalue weighted by Crippen LogP contribution is -2.33. The third kappa shape index (κ3) is 4.28. The van der Waals surface area contributed by atoms with Gasteiger partial charge in [0.15, 0.2) is 0 Å². The Morgan fingerprint density at radius 3 is 2.39 bits per heavy atom. The van der Waals surface area contributed by atoms with E-state index in [0.717, 1.165) is 29.4 Å². The van der Waals surface area contributed by atoms with Crippen LogP contribution >= 0.6 is 0 Å². The number of imidazole rings is 1. The number of H-pyrrole nitrogens is 1. The summed E-state index contributed by atoms with van der Waals surface area (Å²) in [5.41, 5.74) is 8.61. The maximum atomic E-state index is 4.51. The van der Waals surface area contributed by atoms with Crippen LogP contribution in [0.25, 0.3) is 33.3 Å². The van der Waals surface area contributed by atoms with Crippen molar-refractivity contribution < 1.29 is 0 Å². The lowest BCUT2D eigenvalue weighted by molar-refractivity contribution is 0.185.